The molecule has 0 aliphatic heterocycles. The number of carbonyl (C=O) groups excluding carboxylic acids is 3. The molecule has 3 aromatic rings. The number of amides is 3. The van der Waals surface area contributed by atoms with Crippen molar-refractivity contribution in [3.8, 4) is 0 Å². The van der Waals surface area contributed by atoms with Gasteiger partial charge in [0.05, 0.1) is 24.1 Å². The minimum atomic E-state index is -0.850. The monoisotopic (exact) mass is 521 g/mol. The van der Waals surface area contributed by atoms with E-state index in [9.17, 15) is 14.4 Å². The van der Waals surface area contributed by atoms with Gasteiger partial charge in [-0.05, 0) is 66.2 Å². The molecule has 3 amide bonds. The lowest BCUT2D eigenvalue weighted by molar-refractivity contribution is -0.000504. The van der Waals surface area contributed by atoms with Gasteiger partial charge in [-0.1, -0.05) is 29.8 Å². The van der Waals surface area contributed by atoms with Crippen molar-refractivity contribution in [1.82, 2.24) is 19.4 Å². The average molecular weight is 522 g/mol. The van der Waals surface area contributed by atoms with Crippen molar-refractivity contribution in [1.29, 1.82) is 0 Å². The number of hydrogen-bond donors (Lipinski definition) is 1. The predicted molar refractivity (Wildman–Crippen MR) is 143 cm³/mol. The zero-order chi connectivity index (χ0) is 28.1. The van der Waals surface area contributed by atoms with Crippen LogP contribution in [0.1, 0.15) is 68.7 Å². The largest absolute Gasteiger partial charge is 0.443 e. The summed E-state index contributed by atoms with van der Waals surface area (Å²) in [4.78, 5) is 47.5. The van der Waals surface area contributed by atoms with E-state index < -0.39 is 23.4 Å². The number of carbonyl (C=O) groups is 3. The van der Waals surface area contributed by atoms with Crippen LogP contribution < -0.4 is 5.32 Å². The van der Waals surface area contributed by atoms with E-state index in [2.05, 4.69) is 21.4 Å². The number of benzene rings is 1. The highest BCUT2D eigenvalue weighted by Crippen LogP contribution is 2.17. The van der Waals surface area contributed by atoms with Crippen LogP contribution in [0.15, 0.2) is 55.1 Å². The SMILES string of the molecule is Cc1cccc(Cn2cnc(NC(=O)c3ccc(CN(C(=O)OC(C)(C)C)C(=O)OC(C)(C)C)nc3)c2)c1. The molecule has 0 saturated heterocycles. The molecule has 0 aliphatic rings. The minimum Gasteiger partial charge on any atom is -0.443 e. The summed E-state index contributed by atoms with van der Waals surface area (Å²) in [7, 11) is 0. The number of nitrogens with one attached hydrogen (secondary N) is 1. The Kier molecular flexibility index (Phi) is 8.55. The van der Waals surface area contributed by atoms with Crippen LogP contribution >= 0.6 is 0 Å². The minimum absolute atomic E-state index is 0.185. The van der Waals surface area contributed by atoms with Gasteiger partial charge >= 0.3 is 12.2 Å². The molecule has 1 aromatic carbocycles. The molecule has 3 rings (SSSR count). The van der Waals surface area contributed by atoms with E-state index in [1.807, 2.05) is 29.7 Å². The van der Waals surface area contributed by atoms with Crippen molar-refractivity contribution in [2.45, 2.75) is 72.8 Å². The van der Waals surface area contributed by atoms with Crippen molar-refractivity contribution in [3.63, 3.8) is 0 Å². The Morgan fingerprint density at radius 1 is 0.947 bits per heavy atom. The maximum atomic E-state index is 12.7. The Labute approximate surface area is 223 Å². The first-order valence-corrected chi connectivity index (χ1v) is 12.3. The van der Waals surface area contributed by atoms with E-state index in [4.69, 9.17) is 9.47 Å². The molecular formula is C28H35N5O5. The number of hydrogen-bond acceptors (Lipinski definition) is 7. The van der Waals surface area contributed by atoms with Gasteiger partial charge in [0.2, 0.25) is 0 Å². The fourth-order valence-electron chi connectivity index (χ4n) is 3.37. The summed E-state index contributed by atoms with van der Waals surface area (Å²) >= 11 is 0. The third-order valence-electron chi connectivity index (χ3n) is 4.96. The quantitative estimate of drug-likeness (QED) is 0.451. The molecule has 0 bridgehead atoms. The number of aromatic nitrogens is 3. The molecule has 202 valence electrons. The molecule has 2 heterocycles. The molecule has 0 unspecified atom stereocenters. The molecule has 10 heteroatoms. The molecule has 1 N–H and O–H groups in total. The number of nitrogens with zero attached hydrogens (tertiary/aromatic N) is 4. The number of aryl methyl sites for hydroxylation is 1. The molecule has 38 heavy (non-hydrogen) atoms. The van der Waals surface area contributed by atoms with Gasteiger partial charge in [-0.3, -0.25) is 9.78 Å². The first-order valence-electron chi connectivity index (χ1n) is 12.3. The van der Waals surface area contributed by atoms with Crippen molar-refractivity contribution in [2.75, 3.05) is 5.32 Å². The third-order valence-corrected chi connectivity index (χ3v) is 4.96. The number of rotatable bonds is 6. The predicted octanol–water partition coefficient (Wildman–Crippen LogP) is 5.56. The van der Waals surface area contributed by atoms with Crippen molar-refractivity contribution in [2.24, 2.45) is 0 Å². The van der Waals surface area contributed by atoms with E-state index in [0.717, 1.165) is 10.5 Å². The average Bonchev–Trinajstić information content (AvgIpc) is 3.21. The van der Waals surface area contributed by atoms with E-state index in [0.29, 0.717) is 23.6 Å². The van der Waals surface area contributed by atoms with Crippen LogP contribution in [-0.2, 0) is 22.6 Å². The second-order valence-electron chi connectivity index (χ2n) is 11.0. The van der Waals surface area contributed by atoms with Crippen LogP contribution in [-0.4, -0.2) is 48.7 Å². The first kappa shape index (κ1) is 28.4. The van der Waals surface area contributed by atoms with Crippen molar-refractivity contribution in [3.05, 3.63) is 77.5 Å². The number of pyridine rings is 1. The zero-order valence-electron chi connectivity index (χ0n) is 22.9. The van der Waals surface area contributed by atoms with Gasteiger partial charge in [0.15, 0.2) is 5.82 Å². The van der Waals surface area contributed by atoms with E-state index in [1.165, 1.54) is 11.8 Å². The highest BCUT2D eigenvalue weighted by Gasteiger charge is 2.31. The summed E-state index contributed by atoms with van der Waals surface area (Å²) in [5, 5.41) is 2.75. The highest BCUT2D eigenvalue weighted by atomic mass is 16.6. The van der Waals surface area contributed by atoms with Gasteiger partial charge in [0, 0.05) is 18.9 Å². The fourth-order valence-corrected chi connectivity index (χ4v) is 3.37. The van der Waals surface area contributed by atoms with Crippen molar-refractivity contribution < 1.29 is 23.9 Å². The Hall–Kier alpha value is -4.21. The molecule has 0 radical (unpaired) electrons. The molecule has 2 aromatic heterocycles. The van der Waals surface area contributed by atoms with Crippen LogP contribution in [0.5, 0.6) is 0 Å². The number of anilines is 1. The zero-order valence-corrected chi connectivity index (χ0v) is 22.9. The molecule has 0 saturated carbocycles. The normalized spacial score (nSPS) is 11.6. The summed E-state index contributed by atoms with van der Waals surface area (Å²) in [5.74, 6) is 0.0220. The maximum absolute atomic E-state index is 12.7. The van der Waals surface area contributed by atoms with Gasteiger partial charge in [-0.25, -0.2) is 19.5 Å². The van der Waals surface area contributed by atoms with Crippen LogP contribution in [0.4, 0.5) is 15.4 Å². The molecular weight excluding hydrogens is 486 g/mol. The van der Waals surface area contributed by atoms with Gasteiger partial charge in [0.25, 0.3) is 5.91 Å². The van der Waals surface area contributed by atoms with E-state index >= 15 is 0 Å². The summed E-state index contributed by atoms with van der Waals surface area (Å²) in [6, 6.07) is 11.3. The van der Waals surface area contributed by atoms with Gasteiger partial charge < -0.3 is 19.4 Å². The maximum Gasteiger partial charge on any atom is 0.420 e. The van der Waals surface area contributed by atoms with Gasteiger partial charge in [-0.2, -0.15) is 0 Å². The molecule has 0 spiro atoms. The molecule has 10 nitrogen and oxygen atoms in total. The van der Waals surface area contributed by atoms with E-state index in [1.54, 1.807) is 66.2 Å². The Bertz CT molecular complexity index is 1260. The summed E-state index contributed by atoms with van der Waals surface area (Å²) in [6.07, 6.45) is 3.08. The second-order valence-corrected chi connectivity index (χ2v) is 11.0. The number of imidazole rings is 1. The Morgan fingerprint density at radius 2 is 1.61 bits per heavy atom. The first-order chi connectivity index (χ1) is 17.7. The Morgan fingerprint density at radius 3 is 2.16 bits per heavy atom. The van der Waals surface area contributed by atoms with Crippen LogP contribution in [0.3, 0.4) is 0 Å². The lowest BCUT2D eigenvalue weighted by Crippen LogP contribution is -2.43. The van der Waals surface area contributed by atoms with Crippen molar-refractivity contribution >= 4 is 23.9 Å². The topological polar surface area (TPSA) is 116 Å². The summed E-state index contributed by atoms with van der Waals surface area (Å²) in [5.41, 5.74) is 1.36. The molecule has 0 atom stereocenters. The highest BCUT2D eigenvalue weighted by molar-refractivity contribution is 6.03. The standard InChI is InChI=1S/C28H35N5O5/c1-19-9-8-10-20(13-19)15-32-17-23(30-18-32)31-24(34)21-11-12-22(29-14-21)16-33(25(35)37-27(2,3)4)26(36)38-28(5,6)7/h8-14,17-18H,15-16H2,1-7H3,(H,31,34). The number of ether oxygens (including phenoxy) is 2. The summed E-state index contributed by atoms with van der Waals surface area (Å²) < 4.78 is 12.6. The van der Waals surface area contributed by atoms with Crippen LogP contribution in [0.2, 0.25) is 0 Å². The lowest BCUT2D eigenvalue weighted by Gasteiger charge is -2.28. The Balaban J connectivity index is 1.66. The third kappa shape index (κ3) is 8.72. The van der Waals surface area contributed by atoms with Crippen LogP contribution in [0.25, 0.3) is 0 Å². The lowest BCUT2D eigenvalue weighted by atomic mass is 10.1. The van der Waals surface area contributed by atoms with Crippen LogP contribution in [0, 0.1) is 6.92 Å². The second kappa shape index (κ2) is 11.5. The van der Waals surface area contributed by atoms with Gasteiger partial charge in [0.1, 0.15) is 11.2 Å². The fraction of sp³-hybridized carbons (Fsp3) is 0.393. The number of imide groups is 1. The van der Waals surface area contributed by atoms with Gasteiger partial charge in [-0.15, -0.1) is 0 Å². The van der Waals surface area contributed by atoms with E-state index in [-0.39, 0.29) is 12.5 Å². The summed E-state index contributed by atoms with van der Waals surface area (Å²) in [6.45, 7) is 12.7. The molecule has 0 aliphatic carbocycles. The molecule has 0 fully saturated rings. The smallest absolute Gasteiger partial charge is 0.420 e.